The summed E-state index contributed by atoms with van der Waals surface area (Å²) in [6.45, 7) is 0. The van der Waals surface area contributed by atoms with Crippen molar-refractivity contribution >= 4 is 10.8 Å². The third-order valence-corrected chi connectivity index (χ3v) is 4.18. The zero-order chi connectivity index (χ0) is 12.5. The minimum Gasteiger partial charge on any atom is -0.391 e. The summed E-state index contributed by atoms with van der Waals surface area (Å²) in [5.74, 6) is 0.388. The predicted molar refractivity (Wildman–Crippen MR) is 74.2 cm³/mol. The molecule has 3 N–H and O–H groups in total. The molecule has 0 bridgehead atoms. The molecular formula is C16H19NO. The number of hydrogen-bond acceptors (Lipinski definition) is 2. The summed E-state index contributed by atoms with van der Waals surface area (Å²) >= 11 is 0. The standard InChI is InChI=1S/C16H19NO/c17-15(16(18)12-7-3-8-12)14-10-4-6-11-5-1-2-9-13(11)14/h1-2,4-6,9-10,12,15-16,18H,3,7-8,17H2/t15-,16+/m1/s1. The van der Waals surface area contributed by atoms with Gasteiger partial charge in [-0.3, -0.25) is 0 Å². The number of aliphatic hydroxyl groups excluding tert-OH is 1. The fourth-order valence-electron chi connectivity index (χ4n) is 2.80. The summed E-state index contributed by atoms with van der Waals surface area (Å²) in [4.78, 5) is 0. The summed E-state index contributed by atoms with van der Waals surface area (Å²) in [7, 11) is 0. The average molecular weight is 241 g/mol. The third kappa shape index (κ3) is 1.92. The Morgan fingerprint density at radius 3 is 2.50 bits per heavy atom. The number of aliphatic hydroxyl groups is 1. The van der Waals surface area contributed by atoms with Gasteiger partial charge in [-0.15, -0.1) is 0 Å². The van der Waals surface area contributed by atoms with Crippen LogP contribution in [0.4, 0.5) is 0 Å². The molecule has 3 rings (SSSR count). The van der Waals surface area contributed by atoms with E-state index in [2.05, 4.69) is 18.2 Å². The smallest absolute Gasteiger partial charge is 0.0761 e. The molecule has 0 radical (unpaired) electrons. The lowest BCUT2D eigenvalue weighted by atomic mass is 9.77. The first-order chi connectivity index (χ1) is 8.77. The summed E-state index contributed by atoms with van der Waals surface area (Å²) in [6, 6.07) is 14.1. The first-order valence-electron chi connectivity index (χ1n) is 6.68. The summed E-state index contributed by atoms with van der Waals surface area (Å²) < 4.78 is 0. The minimum absolute atomic E-state index is 0.276. The van der Waals surface area contributed by atoms with Gasteiger partial charge in [-0.25, -0.2) is 0 Å². The molecule has 1 saturated carbocycles. The molecule has 0 amide bonds. The maximum absolute atomic E-state index is 10.3. The molecule has 2 aromatic carbocycles. The molecule has 1 fully saturated rings. The normalized spacial score (nSPS) is 19.4. The molecule has 0 heterocycles. The van der Waals surface area contributed by atoms with Crippen molar-refractivity contribution < 1.29 is 5.11 Å². The van der Waals surface area contributed by atoms with Crippen LogP contribution in [0.3, 0.4) is 0 Å². The lowest BCUT2D eigenvalue weighted by Crippen LogP contribution is -2.36. The highest BCUT2D eigenvalue weighted by Gasteiger charge is 2.31. The van der Waals surface area contributed by atoms with E-state index in [-0.39, 0.29) is 6.04 Å². The average Bonchev–Trinajstić information content (AvgIpc) is 2.35. The summed E-state index contributed by atoms with van der Waals surface area (Å²) in [5, 5.41) is 12.7. The van der Waals surface area contributed by atoms with E-state index in [0.29, 0.717) is 5.92 Å². The Labute approximate surface area is 107 Å². The molecule has 0 saturated heterocycles. The molecular weight excluding hydrogens is 222 g/mol. The van der Waals surface area contributed by atoms with Gasteiger partial charge in [-0.2, -0.15) is 0 Å². The SMILES string of the molecule is N[C@H](c1cccc2ccccc12)[C@@H](O)C1CCC1. The van der Waals surface area contributed by atoms with Gasteiger partial charge < -0.3 is 10.8 Å². The second-order valence-corrected chi connectivity index (χ2v) is 5.28. The van der Waals surface area contributed by atoms with Gasteiger partial charge in [0.2, 0.25) is 0 Å². The van der Waals surface area contributed by atoms with E-state index in [1.165, 1.54) is 11.8 Å². The topological polar surface area (TPSA) is 46.2 Å². The Morgan fingerprint density at radius 1 is 1.06 bits per heavy atom. The van der Waals surface area contributed by atoms with E-state index >= 15 is 0 Å². The van der Waals surface area contributed by atoms with Crippen LogP contribution >= 0.6 is 0 Å². The number of nitrogens with two attached hydrogens (primary N) is 1. The van der Waals surface area contributed by atoms with Crippen LogP contribution in [0.25, 0.3) is 10.8 Å². The molecule has 18 heavy (non-hydrogen) atoms. The van der Waals surface area contributed by atoms with Crippen molar-refractivity contribution in [2.75, 3.05) is 0 Å². The molecule has 1 aliphatic carbocycles. The van der Waals surface area contributed by atoms with Crippen molar-refractivity contribution in [1.29, 1.82) is 0 Å². The van der Waals surface area contributed by atoms with Gasteiger partial charge in [-0.1, -0.05) is 48.9 Å². The van der Waals surface area contributed by atoms with Gasteiger partial charge >= 0.3 is 0 Å². The van der Waals surface area contributed by atoms with Gasteiger partial charge in [0.25, 0.3) is 0 Å². The number of rotatable bonds is 3. The predicted octanol–water partition coefficient (Wildman–Crippen LogP) is 3.00. The van der Waals surface area contributed by atoms with Gasteiger partial charge in [0.05, 0.1) is 12.1 Å². The zero-order valence-corrected chi connectivity index (χ0v) is 10.4. The lowest BCUT2D eigenvalue weighted by Gasteiger charge is -2.34. The molecule has 94 valence electrons. The second-order valence-electron chi connectivity index (χ2n) is 5.28. The molecule has 2 nitrogen and oxygen atoms in total. The molecule has 0 spiro atoms. The van der Waals surface area contributed by atoms with Crippen molar-refractivity contribution in [3.63, 3.8) is 0 Å². The quantitative estimate of drug-likeness (QED) is 0.867. The monoisotopic (exact) mass is 241 g/mol. The van der Waals surface area contributed by atoms with Crippen molar-refractivity contribution in [2.45, 2.75) is 31.4 Å². The Balaban J connectivity index is 1.97. The number of benzene rings is 2. The van der Waals surface area contributed by atoms with Crippen LogP contribution < -0.4 is 5.73 Å². The first-order valence-corrected chi connectivity index (χ1v) is 6.68. The maximum Gasteiger partial charge on any atom is 0.0761 e. The highest BCUT2D eigenvalue weighted by molar-refractivity contribution is 5.86. The fourth-order valence-corrected chi connectivity index (χ4v) is 2.80. The molecule has 0 aromatic heterocycles. The summed E-state index contributed by atoms with van der Waals surface area (Å²) in [5.41, 5.74) is 7.33. The number of hydrogen-bond donors (Lipinski definition) is 2. The van der Waals surface area contributed by atoms with Crippen LogP contribution in [0.2, 0.25) is 0 Å². The molecule has 2 aromatic rings. The van der Waals surface area contributed by atoms with Crippen LogP contribution in [0.1, 0.15) is 30.9 Å². The third-order valence-electron chi connectivity index (χ3n) is 4.18. The Bertz CT molecular complexity index is 542. The zero-order valence-electron chi connectivity index (χ0n) is 10.4. The van der Waals surface area contributed by atoms with E-state index in [1.807, 2.05) is 24.3 Å². The molecule has 2 atom stereocenters. The van der Waals surface area contributed by atoms with Crippen molar-refractivity contribution in [2.24, 2.45) is 11.7 Å². The van der Waals surface area contributed by atoms with Crippen LogP contribution in [0.15, 0.2) is 42.5 Å². The largest absolute Gasteiger partial charge is 0.391 e. The fraction of sp³-hybridized carbons (Fsp3) is 0.375. The van der Waals surface area contributed by atoms with Gasteiger partial charge in [-0.05, 0) is 35.1 Å². The Morgan fingerprint density at radius 2 is 1.78 bits per heavy atom. The van der Waals surface area contributed by atoms with Crippen molar-refractivity contribution in [3.05, 3.63) is 48.0 Å². The maximum atomic E-state index is 10.3. The van der Waals surface area contributed by atoms with Crippen LogP contribution in [0.5, 0.6) is 0 Å². The van der Waals surface area contributed by atoms with Crippen molar-refractivity contribution in [3.8, 4) is 0 Å². The second kappa shape index (κ2) is 4.71. The molecule has 1 aliphatic rings. The minimum atomic E-state index is -0.412. The van der Waals surface area contributed by atoms with E-state index < -0.39 is 6.10 Å². The van der Waals surface area contributed by atoms with E-state index in [4.69, 9.17) is 5.73 Å². The molecule has 0 aliphatic heterocycles. The van der Waals surface area contributed by atoms with Crippen LogP contribution in [-0.4, -0.2) is 11.2 Å². The molecule has 2 heteroatoms. The highest BCUT2D eigenvalue weighted by Crippen LogP contribution is 2.35. The Hall–Kier alpha value is -1.38. The van der Waals surface area contributed by atoms with Crippen LogP contribution in [-0.2, 0) is 0 Å². The van der Waals surface area contributed by atoms with Gasteiger partial charge in [0, 0.05) is 0 Å². The number of fused-ring (bicyclic) bond motifs is 1. The van der Waals surface area contributed by atoms with Gasteiger partial charge in [0.1, 0.15) is 0 Å². The lowest BCUT2D eigenvalue weighted by molar-refractivity contribution is 0.0417. The van der Waals surface area contributed by atoms with Crippen LogP contribution in [0, 0.1) is 5.92 Å². The van der Waals surface area contributed by atoms with Gasteiger partial charge in [0.15, 0.2) is 0 Å². The first kappa shape index (κ1) is 11.7. The summed E-state index contributed by atoms with van der Waals surface area (Å²) in [6.07, 6.45) is 3.04. The Kier molecular flexibility index (Phi) is 3.06. The van der Waals surface area contributed by atoms with E-state index in [0.717, 1.165) is 23.8 Å². The van der Waals surface area contributed by atoms with E-state index in [9.17, 15) is 5.11 Å². The molecule has 0 unspecified atom stereocenters. The van der Waals surface area contributed by atoms with Crippen molar-refractivity contribution in [1.82, 2.24) is 0 Å². The van der Waals surface area contributed by atoms with E-state index in [1.54, 1.807) is 0 Å². The highest BCUT2D eigenvalue weighted by atomic mass is 16.3.